The van der Waals surface area contributed by atoms with Gasteiger partial charge in [0, 0.05) is 42.0 Å². The van der Waals surface area contributed by atoms with E-state index in [2.05, 4.69) is 71.6 Å². The number of thiophene rings is 1. The number of piperidine rings is 1. The standard InChI is InChI=1S/C24H28N2S/c1-17-22-15-20(26-11-4-3-5-12-26)7-8-21(22)23(16-25(17)2)18-6-9-24-19(14-18)10-13-27-24/h6-10,13-15,17,23H,3-5,11-12,16H2,1-2H3. The summed E-state index contributed by atoms with van der Waals surface area (Å²) in [5, 5.41) is 3.58. The van der Waals surface area contributed by atoms with Gasteiger partial charge in [0.25, 0.3) is 0 Å². The van der Waals surface area contributed by atoms with Crippen molar-refractivity contribution < 1.29 is 0 Å². The quantitative estimate of drug-likeness (QED) is 0.539. The maximum absolute atomic E-state index is 2.58. The first-order valence-corrected chi connectivity index (χ1v) is 11.1. The highest BCUT2D eigenvalue weighted by molar-refractivity contribution is 7.17. The number of likely N-dealkylation sites (N-methyl/N-ethyl adjacent to an activating group) is 1. The average Bonchev–Trinajstić information content (AvgIpc) is 3.19. The van der Waals surface area contributed by atoms with Crippen molar-refractivity contribution >= 4 is 27.1 Å². The van der Waals surface area contributed by atoms with Gasteiger partial charge in [0.15, 0.2) is 0 Å². The molecule has 0 saturated carbocycles. The summed E-state index contributed by atoms with van der Waals surface area (Å²) in [6.07, 6.45) is 4.04. The molecule has 2 atom stereocenters. The van der Waals surface area contributed by atoms with Gasteiger partial charge in [-0.2, -0.15) is 0 Å². The van der Waals surface area contributed by atoms with Crippen LogP contribution in [-0.2, 0) is 0 Å². The van der Waals surface area contributed by atoms with E-state index in [1.54, 1.807) is 0 Å². The lowest BCUT2D eigenvalue weighted by molar-refractivity contribution is 0.234. The van der Waals surface area contributed by atoms with Gasteiger partial charge in [0.1, 0.15) is 0 Å². The van der Waals surface area contributed by atoms with Crippen LogP contribution in [0.25, 0.3) is 10.1 Å². The second kappa shape index (κ2) is 6.96. The van der Waals surface area contributed by atoms with Crippen molar-refractivity contribution in [3.63, 3.8) is 0 Å². The Bertz CT molecular complexity index is 954. The van der Waals surface area contributed by atoms with Crippen molar-refractivity contribution in [1.29, 1.82) is 0 Å². The predicted molar refractivity (Wildman–Crippen MR) is 117 cm³/mol. The predicted octanol–water partition coefficient (Wildman–Crippen LogP) is 6.03. The van der Waals surface area contributed by atoms with Gasteiger partial charge >= 0.3 is 0 Å². The van der Waals surface area contributed by atoms with Crippen LogP contribution in [0.1, 0.15) is 54.8 Å². The highest BCUT2D eigenvalue weighted by Gasteiger charge is 2.30. The molecule has 0 N–H and O–H groups in total. The van der Waals surface area contributed by atoms with Gasteiger partial charge in [0.05, 0.1) is 0 Å². The molecule has 0 spiro atoms. The molecular weight excluding hydrogens is 348 g/mol. The topological polar surface area (TPSA) is 6.48 Å². The van der Waals surface area contributed by atoms with E-state index in [0.717, 1.165) is 6.54 Å². The molecule has 0 aliphatic carbocycles. The van der Waals surface area contributed by atoms with E-state index in [1.807, 2.05) is 11.3 Å². The molecule has 0 bridgehead atoms. The summed E-state index contributed by atoms with van der Waals surface area (Å²) in [6.45, 7) is 5.87. The summed E-state index contributed by atoms with van der Waals surface area (Å²) >= 11 is 1.83. The Balaban J connectivity index is 1.56. The van der Waals surface area contributed by atoms with Crippen molar-refractivity contribution in [3.8, 4) is 0 Å². The molecule has 2 nitrogen and oxygen atoms in total. The zero-order valence-corrected chi connectivity index (χ0v) is 17.1. The van der Waals surface area contributed by atoms with Gasteiger partial charge in [-0.15, -0.1) is 11.3 Å². The first-order chi connectivity index (χ1) is 13.2. The lowest BCUT2D eigenvalue weighted by Gasteiger charge is -2.39. The Morgan fingerprint density at radius 1 is 0.926 bits per heavy atom. The third kappa shape index (κ3) is 3.07. The van der Waals surface area contributed by atoms with E-state index < -0.39 is 0 Å². The first-order valence-electron chi connectivity index (χ1n) is 10.3. The van der Waals surface area contributed by atoms with Crippen molar-refractivity contribution in [2.45, 2.75) is 38.1 Å². The van der Waals surface area contributed by atoms with E-state index in [4.69, 9.17) is 0 Å². The smallest absolute Gasteiger partial charge is 0.0369 e. The summed E-state index contributed by atoms with van der Waals surface area (Å²) in [4.78, 5) is 5.10. The van der Waals surface area contributed by atoms with E-state index in [-0.39, 0.29) is 0 Å². The second-order valence-corrected chi connectivity index (χ2v) is 9.19. The molecule has 5 rings (SSSR count). The number of rotatable bonds is 2. The lowest BCUT2D eigenvalue weighted by Crippen LogP contribution is -2.35. The maximum atomic E-state index is 2.58. The maximum Gasteiger partial charge on any atom is 0.0369 e. The zero-order chi connectivity index (χ0) is 18.4. The number of benzene rings is 2. The zero-order valence-electron chi connectivity index (χ0n) is 16.3. The van der Waals surface area contributed by atoms with Crippen LogP contribution in [-0.4, -0.2) is 31.6 Å². The Kier molecular flexibility index (Phi) is 4.45. The summed E-state index contributed by atoms with van der Waals surface area (Å²) in [7, 11) is 2.28. The van der Waals surface area contributed by atoms with Crippen molar-refractivity contribution in [2.75, 3.05) is 31.6 Å². The summed E-state index contributed by atoms with van der Waals surface area (Å²) in [6, 6.07) is 17.1. The van der Waals surface area contributed by atoms with E-state index in [9.17, 15) is 0 Å². The van der Waals surface area contributed by atoms with Crippen LogP contribution in [0.2, 0.25) is 0 Å². The second-order valence-electron chi connectivity index (χ2n) is 8.25. The fraction of sp³-hybridized carbons (Fsp3) is 0.417. The van der Waals surface area contributed by atoms with E-state index >= 15 is 0 Å². The molecule has 3 heteroatoms. The molecule has 1 fully saturated rings. The third-order valence-corrected chi connectivity index (χ3v) is 7.53. The minimum atomic E-state index is 0.459. The van der Waals surface area contributed by atoms with Gasteiger partial charge < -0.3 is 4.90 Å². The van der Waals surface area contributed by atoms with Crippen LogP contribution in [0.5, 0.6) is 0 Å². The SMILES string of the molecule is CC1c2cc(N3CCCCC3)ccc2C(c2ccc3sccc3c2)CN1C. The molecule has 0 amide bonds. The number of hydrogen-bond acceptors (Lipinski definition) is 3. The number of anilines is 1. The van der Waals surface area contributed by atoms with Crippen molar-refractivity contribution in [3.05, 3.63) is 64.5 Å². The van der Waals surface area contributed by atoms with Crippen molar-refractivity contribution in [2.24, 2.45) is 0 Å². The largest absolute Gasteiger partial charge is 0.372 e. The van der Waals surface area contributed by atoms with Crippen LogP contribution in [0.15, 0.2) is 47.8 Å². The van der Waals surface area contributed by atoms with Crippen LogP contribution in [0, 0.1) is 0 Å². The average molecular weight is 377 g/mol. The minimum absolute atomic E-state index is 0.459. The lowest BCUT2D eigenvalue weighted by atomic mass is 9.81. The van der Waals surface area contributed by atoms with Gasteiger partial charge in [-0.25, -0.2) is 0 Å². The summed E-state index contributed by atoms with van der Waals surface area (Å²) in [5.74, 6) is 0.459. The van der Waals surface area contributed by atoms with Crippen LogP contribution < -0.4 is 4.90 Å². The molecule has 1 saturated heterocycles. The molecule has 2 aliphatic heterocycles. The third-order valence-electron chi connectivity index (χ3n) is 6.63. The molecule has 1 aromatic heterocycles. The molecule has 3 heterocycles. The normalized spacial score (nSPS) is 23.6. The van der Waals surface area contributed by atoms with E-state index in [1.165, 1.54) is 64.8 Å². The first kappa shape index (κ1) is 17.3. The van der Waals surface area contributed by atoms with Crippen molar-refractivity contribution in [1.82, 2.24) is 4.90 Å². The Hall–Kier alpha value is -1.84. The highest BCUT2D eigenvalue weighted by atomic mass is 32.1. The highest BCUT2D eigenvalue weighted by Crippen LogP contribution is 2.41. The number of hydrogen-bond donors (Lipinski definition) is 0. The molecule has 140 valence electrons. The van der Waals surface area contributed by atoms with Crippen LogP contribution >= 0.6 is 11.3 Å². The van der Waals surface area contributed by atoms with Gasteiger partial charge in [-0.1, -0.05) is 12.1 Å². The molecule has 27 heavy (non-hydrogen) atoms. The fourth-order valence-corrected chi connectivity index (χ4v) is 5.63. The van der Waals surface area contributed by atoms with Crippen LogP contribution in [0.4, 0.5) is 5.69 Å². The van der Waals surface area contributed by atoms with Crippen LogP contribution in [0.3, 0.4) is 0 Å². The molecule has 0 radical (unpaired) electrons. The number of fused-ring (bicyclic) bond motifs is 2. The van der Waals surface area contributed by atoms with Gasteiger partial charge in [0.2, 0.25) is 0 Å². The Labute approximate surface area is 166 Å². The molecule has 2 unspecified atom stereocenters. The molecular formula is C24H28N2S. The number of nitrogens with zero attached hydrogens (tertiary/aromatic N) is 2. The summed E-state index contributed by atoms with van der Waals surface area (Å²) < 4.78 is 1.39. The minimum Gasteiger partial charge on any atom is -0.372 e. The molecule has 3 aromatic rings. The van der Waals surface area contributed by atoms with E-state index in [0.29, 0.717) is 12.0 Å². The summed E-state index contributed by atoms with van der Waals surface area (Å²) in [5.41, 5.74) is 5.91. The molecule has 2 aromatic carbocycles. The fourth-order valence-electron chi connectivity index (χ4n) is 4.86. The molecule has 2 aliphatic rings. The van der Waals surface area contributed by atoms with Gasteiger partial charge in [-0.3, -0.25) is 4.90 Å². The van der Waals surface area contributed by atoms with Gasteiger partial charge in [-0.05, 0) is 91.0 Å². The Morgan fingerprint density at radius 2 is 1.78 bits per heavy atom. The Morgan fingerprint density at radius 3 is 2.63 bits per heavy atom. The monoisotopic (exact) mass is 376 g/mol.